The van der Waals surface area contributed by atoms with Gasteiger partial charge in [-0.1, -0.05) is 0 Å². The maximum absolute atomic E-state index is 5.60. The maximum atomic E-state index is 5.60. The Bertz CT molecular complexity index is 107. The summed E-state index contributed by atoms with van der Waals surface area (Å²) in [5.41, 5.74) is 5.60. The summed E-state index contributed by atoms with van der Waals surface area (Å²) in [7, 11) is 1.72. The Labute approximate surface area is 81.6 Å². The lowest BCUT2D eigenvalue weighted by molar-refractivity contribution is 0.0602. The van der Waals surface area contributed by atoms with Crippen molar-refractivity contribution in [3.05, 3.63) is 0 Å². The molecule has 0 aliphatic rings. The van der Waals surface area contributed by atoms with Gasteiger partial charge in [0.05, 0.1) is 6.10 Å². The highest BCUT2D eigenvalue weighted by Gasteiger charge is 1.98. The van der Waals surface area contributed by atoms with E-state index in [4.69, 9.17) is 15.2 Å². The zero-order valence-electron chi connectivity index (χ0n) is 9.08. The molecule has 0 rings (SSSR count). The monoisotopic (exact) mass is 189 g/mol. The van der Waals surface area contributed by atoms with Crippen LogP contribution in [0.4, 0.5) is 0 Å². The molecule has 0 fully saturated rings. The van der Waals surface area contributed by atoms with Crippen LogP contribution in [0.5, 0.6) is 0 Å². The predicted molar refractivity (Wildman–Crippen MR) is 54.8 cm³/mol. The van der Waals surface area contributed by atoms with Gasteiger partial charge in [-0.2, -0.15) is 0 Å². The van der Waals surface area contributed by atoms with Crippen LogP contribution in [-0.2, 0) is 9.47 Å². The van der Waals surface area contributed by atoms with Crippen LogP contribution < -0.4 is 5.73 Å². The predicted octanol–water partition coefficient (Wildman–Crippen LogP) is 1.56. The van der Waals surface area contributed by atoms with Crippen molar-refractivity contribution in [2.75, 3.05) is 20.3 Å². The molecule has 3 nitrogen and oxygen atoms in total. The van der Waals surface area contributed by atoms with Crippen LogP contribution >= 0.6 is 0 Å². The number of rotatable bonds is 8. The van der Waals surface area contributed by atoms with E-state index in [2.05, 4.69) is 0 Å². The van der Waals surface area contributed by atoms with Crippen molar-refractivity contribution < 1.29 is 9.47 Å². The van der Waals surface area contributed by atoms with E-state index < -0.39 is 0 Å². The van der Waals surface area contributed by atoms with Gasteiger partial charge in [0.25, 0.3) is 0 Å². The van der Waals surface area contributed by atoms with Crippen LogP contribution in [0.25, 0.3) is 0 Å². The van der Waals surface area contributed by atoms with Crippen molar-refractivity contribution in [3.8, 4) is 0 Å². The number of hydrogen-bond donors (Lipinski definition) is 1. The summed E-state index contributed by atoms with van der Waals surface area (Å²) in [5.74, 6) is 0. The fourth-order valence-corrected chi connectivity index (χ4v) is 0.977. The van der Waals surface area contributed by atoms with E-state index in [1.807, 2.05) is 13.8 Å². The van der Waals surface area contributed by atoms with Crippen LogP contribution in [0.1, 0.15) is 33.1 Å². The van der Waals surface area contributed by atoms with E-state index in [1.165, 1.54) is 0 Å². The van der Waals surface area contributed by atoms with Crippen LogP contribution in [0, 0.1) is 0 Å². The normalized spacial score (nSPS) is 15.7. The highest BCUT2D eigenvalue weighted by atomic mass is 16.5. The fraction of sp³-hybridized carbons (Fsp3) is 1.00. The maximum Gasteiger partial charge on any atom is 0.0565 e. The summed E-state index contributed by atoms with van der Waals surface area (Å²) < 4.78 is 10.5. The molecule has 0 aliphatic carbocycles. The van der Waals surface area contributed by atoms with Gasteiger partial charge in [-0.05, 0) is 33.1 Å². The van der Waals surface area contributed by atoms with E-state index in [1.54, 1.807) is 7.11 Å². The molecule has 2 N–H and O–H groups in total. The van der Waals surface area contributed by atoms with Gasteiger partial charge in [-0.3, -0.25) is 0 Å². The second kappa shape index (κ2) is 8.48. The van der Waals surface area contributed by atoms with E-state index in [0.29, 0.717) is 12.1 Å². The largest absolute Gasteiger partial charge is 0.382 e. The van der Waals surface area contributed by atoms with Crippen molar-refractivity contribution in [2.45, 2.75) is 45.3 Å². The molecule has 0 aromatic carbocycles. The molecule has 3 heteroatoms. The molecule has 0 aliphatic heterocycles. The third kappa shape index (κ3) is 9.80. The minimum atomic E-state index is 0.293. The molecule has 0 saturated heterocycles. The van der Waals surface area contributed by atoms with Gasteiger partial charge in [-0.25, -0.2) is 0 Å². The topological polar surface area (TPSA) is 44.5 Å². The quantitative estimate of drug-likeness (QED) is 0.589. The van der Waals surface area contributed by atoms with Gasteiger partial charge in [0.1, 0.15) is 0 Å². The Morgan fingerprint density at radius 1 is 1.15 bits per heavy atom. The summed E-state index contributed by atoms with van der Waals surface area (Å²) >= 11 is 0. The number of nitrogens with two attached hydrogens (primary N) is 1. The molecular weight excluding hydrogens is 166 g/mol. The minimum Gasteiger partial charge on any atom is -0.382 e. The molecule has 0 bridgehead atoms. The van der Waals surface area contributed by atoms with Crippen molar-refractivity contribution >= 4 is 0 Å². The zero-order chi connectivity index (χ0) is 10.1. The molecule has 2 atom stereocenters. The number of hydrogen-bond acceptors (Lipinski definition) is 3. The average molecular weight is 189 g/mol. The zero-order valence-corrected chi connectivity index (χ0v) is 9.08. The molecule has 2 unspecified atom stereocenters. The summed E-state index contributed by atoms with van der Waals surface area (Å²) in [5, 5.41) is 0. The van der Waals surface area contributed by atoms with Crippen LogP contribution in [-0.4, -0.2) is 32.5 Å². The highest BCUT2D eigenvalue weighted by Crippen LogP contribution is 1.98. The second-order valence-corrected chi connectivity index (χ2v) is 3.57. The van der Waals surface area contributed by atoms with Gasteiger partial charge in [0.2, 0.25) is 0 Å². The van der Waals surface area contributed by atoms with Gasteiger partial charge in [0.15, 0.2) is 0 Å². The van der Waals surface area contributed by atoms with Crippen molar-refractivity contribution in [3.63, 3.8) is 0 Å². The average Bonchev–Trinajstić information content (AvgIpc) is 2.10. The molecule has 0 saturated carbocycles. The van der Waals surface area contributed by atoms with E-state index in [9.17, 15) is 0 Å². The summed E-state index contributed by atoms with van der Waals surface area (Å²) in [4.78, 5) is 0. The van der Waals surface area contributed by atoms with Gasteiger partial charge in [-0.15, -0.1) is 0 Å². The molecule has 0 radical (unpaired) electrons. The fourth-order valence-electron chi connectivity index (χ4n) is 0.977. The summed E-state index contributed by atoms with van der Waals surface area (Å²) in [6.07, 6.45) is 3.36. The molecule has 0 aromatic rings. The first kappa shape index (κ1) is 12.9. The van der Waals surface area contributed by atoms with E-state index in [0.717, 1.165) is 32.5 Å². The molecule has 0 spiro atoms. The Kier molecular flexibility index (Phi) is 8.40. The SMILES string of the molecule is COC(C)CCOCCCC(C)N. The third-order valence-corrected chi connectivity index (χ3v) is 2.02. The molecular formula is C10H23NO2. The molecule has 0 heterocycles. The lowest BCUT2D eigenvalue weighted by atomic mass is 10.2. The number of ether oxygens (including phenoxy) is 2. The van der Waals surface area contributed by atoms with Crippen molar-refractivity contribution in [2.24, 2.45) is 5.73 Å². The molecule has 0 aromatic heterocycles. The second-order valence-electron chi connectivity index (χ2n) is 3.57. The lowest BCUT2D eigenvalue weighted by Crippen LogP contribution is -2.15. The summed E-state index contributed by atoms with van der Waals surface area (Å²) in [6, 6.07) is 0.293. The third-order valence-electron chi connectivity index (χ3n) is 2.02. The molecule has 80 valence electrons. The van der Waals surface area contributed by atoms with Crippen molar-refractivity contribution in [1.82, 2.24) is 0 Å². The van der Waals surface area contributed by atoms with Crippen LogP contribution in [0.15, 0.2) is 0 Å². The van der Waals surface area contributed by atoms with Gasteiger partial charge >= 0.3 is 0 Å². The lowest BCUT2D eigenvalue weighted by Gasteiger charge is -2.09. The Balaban J connectivity index is 2.99. The highest BCUT2D eigenvalue weighted by molar-refractivity contribution is 4.52. The van der Waals surface area contributed by atoms with Gasteiger partial charge < -0.3 is 15.2 Å². The van der Waals surface area contributed by atoms with Crippen molar-refractivity contribution in [1.29, 1.82) is 0 Å². The van der Waals surface area contributed by atoms with E-state index >= 15 is 0 Å². The standard InChI is InChI=1S/C10H23NO2/c1-9(11)5-4-7-13-8-6-10(2)12-3/h9-10H,4-8,11H2,1-3H3. The Morgan fingerprint density at radius 3 is 2.38 bits per heavy atom. The Hall–Kier alpha value is -0.120. The van der Waals surface area contributed by atoms with Crippen LogP contribution in [0.2, 0.25) is 0 Å². The first-order chi connectivity index (χ1) is 6.16. The first-order valence-corrected chi connectivity index (χ1v) is 5.03. The smallest absolute Gasteiger partial charge is 0.0565 e. The molecule has 13 heavy (non-hydrogen) atoms. The first-order valence-electron chi connectivity index (χ1n) is 5.03. The van der Waals surface area contributed by atoms with Gasteiger partial charge in [0, 0.05) is 26.4 Å². The molecule has 0 amide bonds. The minimum absolute atomic E-state index is 0.293. The van der Waals surface area contributed by atoms with Crippen LogP contribution in [0.3, 0.4) is 0 Å². The Morgan fingerprint density at radius 2 is 1.85 bits per heavy atom. The summed E-state index contributed by atoms with van der Waals surface area (Å²) in [6.45, 7) is 5.67. The number of methoxy groups -OCH3 is 1. The van der Waals surface area contributed by atoms with E-state index in [-0.39, 0.29) is 0 Å².